The van der Waals surface area contributed by atoms with Crippen LogP contribution < -0.4 is 15.7 Å². The van der Waals surface area contributed by atoms with Gasteiger partial charge in [-0.15, -0.1) is 0 Å². The predicted octanol–water partition coefficient (Wildman–Crippen LogP) is 2.05. The molecule has 0 atom stereocenters. The van der Waals surface area contributed by atoms with Gasteiger partial charge in [-0.3, -0.25) is 0 Å². The Labute approximate surface area is 119 Å². The Balaban J connectivity index is 2.20. The number of rotatable bonds is 4. The summed E-state index contributed by atoms with van der Waals surface area (Å²) in [5, 5.41) is 0. The molecule has 0 heterocycles. The molecule has 0 aliphatic carbocycles. The summed E-state index contributed by atoms with van der Waals surface area (Å²) in [7, 11) is 10.00. The zero-order chi connectivity index (χ0) is 13.0. The van der Waals surface area contributed by atoms with Crippen LogP contribution in [0.25, 0.3) is 0 Å². The summed E-state index contributed by atoms with van der Waals surface area (Å²) >= 11 is -2.49. The van der Waals surface area contributed by atoms with Crippen LogP contribution in [0, 0.1) is 0 Å². The van der Waals surface area contributed by atoms with Crippen molar-refractivity contribution in [3.8, 4) is 11.5 Å². The summed E-state index contributed by atoms with van der Waals surface area (Å²) in [4.78, 5) is 0. The molecule has 18 heavy (non-hydrogen) atoms. The third kappa shape index (κ3) is 3.17. The molecule has 0 amide bonds. The van der Waals surface area contributed by atoms with Gasteiger partial charge in [0.1, 0.15) is 0 Å². The standard InChI is InChI=1S/2C7H7O.ClH.Tl/c2*1-8-7-5-3-2-4-6-7;;/h2*3-6H,1H3;1H;/q;;;+1/p-1. The summed E-state index contributed by atoms with van der Waals surface area (Å²) in [5.74, 6) is 1.73. The molecule has 0 aliphatic heterocycles. The topological polar surface area (TPSA) is 18.5 Å². The van der Waals surface area contributed by atoms with Crippen molar-refractivity contribution >= 4 is 36.0 Å². The maximum atomic E-state index is 6.66. The summed E-state index contributed by atoms with van der Waals surface area (Å²) < 4.78 is 12.8. The molecular formula is C14H14ClO2Tl. The summed E-state index contributed by atoms with van der Waals surface area (Å²) in [6.45, 7) is 0. The molecule has 0 aromatic heterocycles. The minimum atomic E-state index is -2.49. The fourth-order valence-corrected chi connectivity index (χ4v) is 9.91. The molecule has 2 rings (SSSR count). The maximum absolute atomic E-state index is 6.66. The number of hydrogen-bond donors (Lipinski definition) is 0. The number of halogens is 1. The van der Waals surface area contributed by atoms with E-state index in [1.165, 1.54) is 6.25 Å². The van der Waals surface area contributed by atoms with Gasteiger partial charge in [-0.1, -0.05) is 0 Å². The van der Waals surface area contributed by atoms with E-state index in [-0.39, 0.29) is 0 Å². The van der Waals surface area contributed by atoms with Crippen molar-refractivity contribution in [1.29, 1.82) is 0 Å². The quantitative estimate of drug-likeness (QED) is 0.659. The van der Waals surface area contributed by atoms with E-state index in [4.69, 9.17) is 17.8 Å². The third-order valence-electron chi connectivity index (χ3n) is 2.82. The van der Waals surface area contributed by atoms with Gasteiger partial charge in [0.15, 0.2) is 0 Å². The first-order valence-corrected chi connectivity index (χ1v) is 15.7. The van der Waals surface area contributed by atoms with Crippen LogP contribution in [0.15, 0.2) is 48.5 Å². The van der Waals surface area contributed by atoms with Crippen molar-refractivity contribution in [3.05, 3.63) is 48.5 Å². The van der Waals surface area contributed by atoms with Gasteiger partial charge < -0.3 is 0 Å². The number of benzene rings is 2. The second kappa shape index (κ2) is 6.43. The minimum absolute atomic E-state index is 0.866. The summed E-state index contributed by atoms with van der Waals surface area (Å²) in [5.41, 5.74) is 0. The Hall–Kier alpha value is -0.748. The molecular weight excluding hydrogens is 440 g/mol. The molecule has 4 heteroatoms. The van der Waals surface area contributed by atoms with Crippen LogP contribution in [0.1, 0.15) is 0 Å². The normalized spacial score (nSPS) is 9.94. The number of hydrogen-bond acceptors (Lipinski definition) is 2. The monoisotopic (exact) mass is 454 g/mol. The molecule has 0 bridgehead atoms. The van der Waals surface area contributed by atoms with Gasteiger partial charge in [0.05, 0.1) is 0 Å². The first kappa shape index (κ1) is 13.7. The third-order valence-corrected chi connectivity index (χ3v) is 14.8. The van der Waals surface area contributed by atoms with Crippen LogP contribution in [-0.2, 0) is 0 Å². The first-order chi connectivity index (χ1) is 8.74. The predicted molar refractivity (Wildman–Crippen MR) is 76.9 cm³/mol. The molecule has 0 saturated heterocycles. The fourth-order valence-electron chi connectivity index (χ4n) is 1.74. The van der Waals surface area contributed by atoms with E-state index < -0.39 is 21.5 Å². The van der Waals surface area contributed by atoms with Gasteiger partial charge in [-0.2, -0.15) is 0 Å². The molecule has 92 valence electrons. The average Bonchev–Trinajstić information content (AvgIpc) is 2.47. The Morgan fingerprint density at radius 2 is 1.06 bits per heavy atom. The molecule has 0 spiro atoms. The van der Waals surface area contributed by atoms with Crippen LogP contribution in [0.3, 0.4) is 0 Å². The van der Waals surface area contributed by atoms with E-state index in [2.05, 4.69) is 24.3 Å². The van der Waals surface area contributed by atoms with Crippen molar-refractivity contribution in [2.24, 2.45) is 0 Å². The molecule has 2 nitrogen and oxygen atoms in total. The van der Waals surface area contributed by atoms with E-state index in [9.17, 15) is 0 Å². The SMILES string of the molecule is COc1cc[c]([Tl]([Cl])[c]2ccc(OC)cc2)cc1. The fraction of sp³-hybridized carbons (Fsp3) is 0.143. The van der Waals surface area contributed by atoms with Crippen molar-refractivity contribution in [2.45, 2.75) is 0 Å². The molecule has 0 aliphatic rings. The van der Waals surface area contributed by atoms with Gasteiger partial charge in [0.25, 0.3) is 0 Å². The van der Waals surface area contributed by atoms with E-state index >= 15 is 0 Å². The molecule has 0 N–H and O–H groups in total. The molecule has 0 unspecified atom stereocenters. The second-order valence-corrected chi connectivity index (χ2v) is 15.7. The summed E-state index contributed by atoms with van der Waals surface area (Å²) in [6.07, 6.45) is 0. The van der Waals surface area contributed by atoms with Crippen LogP contribution in [0.5, 0.6) is 11.5 Å². The van der Waals surface area contributed by atoms with Crippen molar-refractivity contribution in [1.82, 2.24) is 0 Å². The first-order valence-electron chi connectivity index (χ1n) is 5.66. The van der Waals surface area contributed by atoms with E-state index in [0.717, 1.165) is 11.5 Å². The molecule has 0 saturated carbocycles. The Morgan fingerprint density at radius 1 is 0.722 bits per heavy atom. The second-order valence-electron chi connectivity index (χ2n) is 3.91. The Morgan fingerprint density at radius 3 is 1.33 bits per heavy atom. The van der Waals surface area contributed by atoms with Crippen molar-refractivity contribution in [2.75, 3.05) is 14.2 Å². The van der Waals surface area contributed by atoms with Gasteiger partial charge in [0, 0.05) is 0 Å². The van der Waals surface area contributed by atoms with Gasteiger partial charge >= 0.3 is 120 Å². The zero-order valence-electron chi connectivity index (χ0n) is 10.4. The number of methoxy groups -OCH3 is 2. The van der Waals surface area contributed by atoms with E-state index in [0.29, 0.717) is 0 Å². The summed E-state index contributed by atoms with van der Waals surface area (Å²) in [6, 6.07) is 16.2. The molecule has 0 radical (unpaired) electrons. The van der Waals surface area contributed by atoms with Crippen LogP contribution in [0.2, 0.25) is 0 Å². The molecule has 0 fully saturated rings. The van der Waals surface area contributed by atoms with Crippen LogP contribution in [-0.4, -0.2) is 35.7 Å². The van der Waals surface area contributed by atoms with Crippen LogP contribution in [0.4, 0.5) is 0 Å². The van der Waals surface area contributed by atoms with Crippen LogP contribution >= 0.6 is 8.32 Å². The van der Waals surface area contributed by atoms with Gasteiger partial charge in [0.2, 0.25) is 0 Å². The average molecular weight is 454 g/mol. The van der Waals surface area contributed by atoms with E-state index in [1.54, 1.807) is 14.2 Å². The van der Waals surface area contributed by atoms with Gasteiger partial charge in [-0.25, -0.2) is 0 Å². The van der Waals surface area contributed by atoms with Gasteiger partial charge in [-0.05, 0) is 0 Å². The van der Waals surface area contributed by atoms with Crippen molar-refractivity contribution < 1.29 is 9.47 Å². The Bertz CT molecular complexity index is 449. The molecule has 2 aromatic rings. The zero-order valence-corrected chi connectivity index (χ0v) is 15.6. The van der Waals surface area contributed by atoms with Crippen molar-refractivity contribution in [3.63, 3.8) is 0 Å². The molecule has 2 aromatic carbocycles. The Kier molecular flexibility index (Phi) is 4.88. The number of ether oxygens (including phenoxy) is 2. The van der Waals surface area contributed by atoms with E-state index in [1.807, 2.05) is 24.3 Å².